The second kappa shape index (κ2) is 7.38. The second-order valence-corrected chi connectivity index (χ2v) is 7.96. The largest absolute Gasteiger partial charge is 0.319 e. The summed E-state index contributed by atoms with van der Waals surface area (Å²) in [5, 5.41) is 3.07. The van der Waals surface area contributed by atoms with Crippen molar-refractivity contribution in [3.05, 3.63) is 17.0 Å². The Bertz CT molecular complexity index is 479. The molecule has 0 spiro atoms. The third-order valence-electron chi connectivity index (χ3n) is 3.35. The molecule has 1 heterocycles. The molecule has 0 radical (unpaired) electrons. The van der Waals surface area contributed by atoms with E-state index < -0.39 is 10.0 Å². The van der Waals surface area contributed by atoms with Gasteiger partial charge >= 0.3 is 0 Å². The van der Waals surface area contributed by atoms with Crippen LogP contribution in [0.2, 0.25) is 0 Å². The molecule has 0 aliphatic heterocycles. The minimum atomic E-state index is -3.34. The van der Waals surface area contributed by atoms with Crippen LogP contribution < -0.4 is 5.32 Å². The number of hydrogen-bond acceptors (Lipinski definition) is 4. The molecule has 19 heavy (non-hydrogen) atoms. The van der Waals surface area contributed by atoms with E-state index in [-0.39, 0.29) is 6.04 Å². The Morgan fingerprint density at radius 1 is 1.32 bits per heavy atom. The fourth-order valence-corrected chi connectivity index (χ4v) is 5.06. The topological polar surface area (TPSA) is 49.4 Å². The van der Waals surface area contributed by atoms with Crippen molar-refractivity contribution in [2.24, 2.45) is 0 Å². The molecule has 1 rings (SSSR count). The molecule has 0 aliphatic carbocycles. The lowest BCUT2D eigenvalue weighted by Gasteiger charge is -2.24. The molecule has 110 valence electrons. The lowest BCUT2D eigenvalue weighted by Crippen LogP contribution is -2.35. The second-order valence-electron chi connectivity index (χ2n) is 4.57. The van der Waals surface area contributed by atoms with Crippen LogP contribution in [0.1, 0.15) is 31.6 Å². The highest BCUT2D eigenvalue weighted by molar-refractivity contribution is 7.91. The van der Waals surface area contributed by atoms with Crippen LogP contribution in [-0.2, 0) is 16.4 Å². The third-order valence-corrected chi connectivity index (χ3v) is 6.87. The molecule has 1 N–H and O–H groups in total. The summed E-state index contributed by atoms with van der Waals surface area (Å²) in [6, 6.07) is 3.72. The lowest BCUT2D eigenvalue weighted by atomic mass is 10.2. The van der Waals surface area contributed by atoms with Gasteiger partial charge in [-0.3, -0.25) is 0 Å². The third kappa shape index (κ3) is 4.02. The van der Waals surface area contributed by atoms with Crippen molar-refractivity contribution in [3.8, 4) is 0 Å². The van der Waals surface area contributed by atoms with Gasteiger partial charge in [0.1, 0.15) is 4.21 Å². The number of rotatable bonds is 8. The Labute approximate surface area is 120 Å². The standard InChI is InChI=1S/C13H24N2O2S2/c1-5-11(6-2)15(4)19(16,17)13-8-7-12(18-13)9-10-14-3/h7-8,11,14H,5-6,9-10H2,1-4H3. The number of nitrogens with zero attached hydrogens (tertiary/aromatic N) is 1. The highest BCUT2D eigenvalue weighted by Crippen LogP contribution is 2.26. The number of sulfonamides is 1. The maximum atomic E-state index is 12.5. The first-order valence-corrected chi connectivity index (χ1v) is 8.94. The van der Waals surface area contributed by atoms with Gasteiger partial charge in [0, 0.05) is 18.0 Å². The van der Waals surface area contributed by atoms with Gasteiger partial charge in [-0.15, -0.1) is 11.3 Å². The molecule has 0 unspecified atom stereocenters. The summed E-state index contributed by atoms with van der Waals surface area (Å²) in [6.07, 6.45) is 2.54. The molecular weight excluding hydrogens is 280 g/mol. The molecule has 1 aromatic rings. The van der Waals surface area contributed by atoms with E-state index in [4.69, 9.17) is 0 Å². The van der Waals surface area contributed by atoms with E-state index in [0.29, 0.717) is 4.21 Å². The first kappa shape index (κ1) is 16.6. The van der Waals surface area contributed by atoms with Gasteiger partial charge in [-0.05, 0) is 45.0 Å². The molecule has 0 aliphatic rings. The van der Waals surface area contributed by atoms with Gasteiger partial charge in [-0.25, -0.2) is 8.42 Å². The van der Waals surface area contributed by atoms with Gasteiger partial charge < -0.3 is 5.32 Å². The number of hydrogen-bond donors (Lipinski definition) is 1. The van der Waals surface area contributed by atoms with Crippen molar-refractivity contribution in [1.29, 1.82) is 0 Å². The Morgan fingerprint density at radius 3 is 2.47 bits per heavy atom. The molecule has 6 heteroatoms. The Balaban J connectivity index is 2.90. The number of thiophene rings is 1. The minimum absolute atomic E-state index is 0.0767. The molecule has 4 nitrogen and oxygen atoms in total. The molecule has 0 saturated carbocycles. The van der Waals surface area contributed by atoms with Crippen molar-refractivity contribution < 1.29 is 8.42 Å². The van der Waals surface area contributed by atoms with Crippen LogP contribution in [0.5, 0.6) is 0 Å². The van der Waals surface area contributed by atoms with Gasteiger partial charge in [0.15, 0.2) is 0 Å². The summed E-state index contributed by atoms with van der Waals surface area (Å²) in [5.74, 6) is 0. The summed E-state index contributed by atoms with van der Waals surface area (Å²) >= 11 is 1.38. The molecule has 1 aromatic heterocycles. The number of likely N-dealkylation sites (N-methyl/N-ethyl adjacent to an activating group) is 1. The zero-order chi connectivity index (χ0) is 14.5. The SMILES string of the molecule is CCC(CC)N(C)S(=O)(=O)c1ccc(CCNC)s1. The molecular formula is C13H24N2O2S2. The van der Waals surface area contributed by atoms with E-state index >= 15 is 0 Å². The van der Waals surface area contributed by atoms with Crippen LogP contribution in [0.4, 0.5) is 0 Å². The van der Waals surface area contributed by atoms with E-state index in [1.807, 2.05) is 27.0 Å². The van der Waals surface area contributed by atoms with E-state index in [2.05, 4.69) is 5.32 Å². The van der Waals surface area contributed by atoms with Crippen LogP contribution in [0, 0.1) is 0 Å². The minimum Gasteiger partial charge on any atom is -0.319 e. The average Bonchev–Trinajstić information content (AvgIpc) is 2.87. The zero-order valence-corrected chi connectivity index (χ0v) is 13.8. The molecule has 0 fully saturated rings. The van der Waals surface area contributed by atoms with Gasteiger partial charge in [0.25, 0.3) is 10.0 Å². The van der Waals surface area contributed by atoms with Crippen LogP contribution in [0.3, 0.4) is 0 Å². The van der Waals surface area contributed by atoms with Crippen molar-refractivity contribution in [2.75, 3.05) is 20.6 Å². The van der Waals surface area contributed by atoms with Gasteiger partial charge in [0.05, 0.1) is 0 Å². The normalized spacial score (nSPS) is 12.5. The fraction of sp³-hybridized carbons (Fsp3) is 0.692. The van der Waals surface area contributed by atoms with Crippen molar-refractivity contribution in [1.82, 2.24) is 9.62 Å². The van der Waals surface area contributed by atoms with Crippen LogP contribution in [0.25, 0.3) is 0 Å². The van der Waals surface area contributed by atoms with Crippen molar-refractivity contribution in [2.45, 2.75) is 43.4 Å². The van der Waals surface area contributed by atoms with Crippen molar-refractivity contribution in [3.63, 3.8) is 0 Å². The molecule has 0 bridgehead atoms. The Morgan fingerprint density at radius 2 is 1.95 bits per heavy atom. The maximum absolute atomic E-state index is 12.5. The van der Waals surface area contributed by atoms with E-state index in [1.54, 1.807) is 13.1 Å². The zero-order valence-electron chi connectivity index (χ0n) is 12.1. The average molecular weight is 304 g/mol. The molecule has 0 saturated heterocycles. The predicted octanol–water partition coefficient (Wildman–Crippen LogP) is 2.32. The lowest BCUT2D eigenvalue weighted by molar-refractivity contribution is 0.350. The highest BCUT2D eigenvalue weighted by Gasteiger charge is 2.27. The first-order chi connectivity index (χ1) is 8.97. The van der Waals surface area contributed by atoms with Gasteiger partial charge in [0.2, 0.25) is 0 Å². The van der Waals surface area contributed by atoms with Crippen LogP contribution in [-0.4, -0.2) is 39.4 Å². The quantitative estimate of drug-likeness (QED) is 0.802. The molecule has 0 atom stereocenters. The van der Waals surface area contributed by atoms with E-state index in [0.717, 1.165) is 30.7 Å². The molecule has 0 aromatic carbocycles. The maximum Gasteiger partial charge on any atom is 0.252 e. The smallest absolute Gasteiger partial charge is 0.252 e. The Kier molecular flexibility index (Phi) is 6.46. The van der Waals surface area contributed by atoms with E-state index in [1.165, 1.54) is 15.6 Å². The summed E-state index contributed by atoms with van der Waals surface area (Å²) in [4.78, 5) is 1.10. The highest BCUT2D eigenvalue weighted by atomic mass is 32.2. The predicted molar refractivity (Wildman–Crippen MR) is 81.3 cm³/mol. The monoisotopic (exact) mass is 304 g/mol. The summed E-state index contributed by atoms with van der Waals surface area (Å²) in [5.41, 5.74) is 0. The summed E-state index contributed by atoms with van der Waals surface area (Å²) in [6.45, 7) is 4.91. The molecule has 0 amide bonds. The van der Waals surface area contributed by atoms with E-state index in [9.17, 15) is 8.42 Å². The number of nitrogens with one attached hydrogen (secondary N) is 1. The first-order valence-electron chi connectivity index (χ1n) is 6.68. The van der Waals surface area contributed by atoms with Crippen LogP contribution in [0.15, 0.2) is 16.3 Å². The van der Waals surface area contributed by atoms with Gasteiger partial charge in [-0.1, -0.05) is 13.8 Å². The van der Waals surface area contributed by atoms with Crippen molar-refractivity contribution >= 4 is 21.4 Å². The van der Waals surface area contributed by atoms with Gasteiger partial charge in [-0.2, -0.15) is 4.31 Å². The Hall–Kier alpha value is -0.430. The van der Waals surface area contributed by atoms with Crippen LogP contribution >= 0.6 is 11.3 Å². The fourth-order valence-electron chi connectivity index (χ4n) is 2.02. The summed E-state index contributed by atoms with van der Waals surface area (Å²) in [7, 11) is 0.240. The summed E-state index contributed by atoms with van der Waals surface area (Å²) < 4.78 is 27.0.